The van der Waals surface area contributed by atoms with E-state index in [0.29, 0.717) is 0 Å². The van der Waals surface area contributed by atoms with E-state index in [-0.39, 0.29) is 0 Å². The lowest BCUT2D eigenvalue weighted by Gasteiger charge is -2.35. The molecule has 0 heterocycles. The van der Waals surface area contributed by atoms with Gasteiger partial charge in [-0.3, -0.25) is 0 Å². The van der Waals surface area contributed by atoms with E-state index in [9.17, 15) is 0 Å². The molecule has 0 fully saturated rings. The Labute approximate surface area is 135 Å². The lowest BCUT2D eigenvalue weighted by molar-refractivity contribution is 0.679. The minimum absolute atomic E-state index is 0.393. The summed E-state index contributed by atoms with van der Waals surface area (Å²) in [6, 6.07) is 0. The van der Waals surface area contributed by atoms with Crippen LogP contribution in [0.1, 0.15) is 98.3 Å². The normalized spacial score (nSPS) is 11.2. The van der Waals surface area contributed by atoms with Crippen LogP contribution in [0.5, 0.6) is 0 Å². The van der Waals surface area contributed by atoms with Crippen LogP contribution < -0.4 is 0 Å². The van der Waals surface area contributed by atoms with Crippen molar-refractivity contribution < 1.29 is 0 Å². The molecule has 0 aliphatic rings. The molecule has 0 spiro atoms. The molecule has 0 aromatic rings. The molecule has 1 heteroatoms. The standard InChI is InChI=1S/C20H40B/c1-5-9-13-14-15-16-20-21(17-10-6-2,18-11-7-3)19-12-8-4/h5-15,17-19H2,1-4H3/q-1. The second-order valence-electron chi connectivity index (χ2n) is 7.04. The van der Waals surface area contributed by atoms with Gasteiger partial charge in [0.25, 0.3) is 0 Å². The molecule has 0 aliphatic carbocycles. The summed E-state index contributed by atoms with van der Waals surface area (Å²) in [4.78, 5) is 0. The van der Waals surface area contributed by atoms with Crippen molar-refractivity contribution in [2.24, 2.45) is 0 Å². The van der Waals surface area contributed by atoms with Gasteiger partial charge in [0.15, 0.2) is 0 Å². The summed E-state index contributed by atoms with van der Waals surface area (Å²) < 4.78 is 0. The Kier molecular flexibility index (Phi) is 14.3. The zero-order valence-electron chi connectivity index (χ0n) is 15.5. The van der Waals surface area contributed by atoms with Crippen molar-refractivity contribution in [2.45, 2.75) is 117 Å². The van der Waals surface area contributed by atoms with Gasteiger partial charge in [0, 0.05) is 6.42 Å². The largest absolute Gasteiger partial charge is 0.315 e. The van der Waals surface area contributed by atoms with Crippen molar-refractivity contribution in [3.05, 3.63) is 0 Å². The summed E-state index contributed by atoms with van der Waals surface area (Å²) in [6.45, 7) is 9.23. The van der Waals surface area contributed by atoms with E-state index in [0.717, 1.165) is 6.42 Å². The van der Waals surface area contributed by atoms with E-state index in [1.54, 1.807) is 0 Å². The predicted octanol–water partition coefficient (Wildman–Crippen LogP) is 7.35. The monoisotopic (exact) mass is 291 g/mol. The highest BCUT2D eigenvalue weighted by Crippen LogP contribution is 2.27. The quantitative estimate of drug-likeness (QED) is 0.189. The average Bonchev–Trinajstić information content (AvgIpc) is 2.51. The molecule has 0 atom stereocenters. The molecule has 0 aromatic carbocycles. The molecule has 0 aromatic heterocycles. The van der Waals surface area contributed by atoms with Crippen LogP contribution in [0.4, 0.5) is 0 Å². The summed E-state index contributed by atoms with van der Waals surface area (Å²) in [5.74, 6) is 7.42. The molecule has 0 amide bonds. The van der Waals surface area contributed by atoms with Gasteiger partial charge in [-0.25, -0.2) is 0 Å². The summed E-state index contributed by atoms with van der Waals surface area (Å²) in [5, 5.41) is 0. The van der Waals surface area contributed by atoms with E-state index in [1.807, 2.05) is 0 Å². The average molecular weight is 291 g/mol. The van der Waals surface area contributed by atoms with Gasteiger partial charge in [-0.1, -0.05) is 85.5 Å². The smallest absolute Gasteiger partial charge is 0.0708 e. The molecule has 0 bridgehead atoms. The third-order valence-corrected chi connectivity index (χ3v) is 4.89. The van der Waals surface area contributed by atoms with Gasteiger partial charge in [-0.15, -0.1) is 0 Å². The van der Waals surface area contributed by atoms with Crippen molar-refractivity contribution >= 4 is 6.15 Å². The van der Waals surface area contributed by atoms with Crippen molar-refractivity contribution in [3.63, 3.8) is 0 Å². The molecule has 21 heavy (non-hydrogen) atoms. The molecule has 0 N–H and O–H groups in total. The van der Waals surface area contributed by atoms with Crippen LogP contribution in [0.3, 0.4) is 0 Å². The SMILES string of the molecule is CCCCCCC#C[B-](CCCC)(CCCC)CCCC. The molecule has 0 saturated heterocycles. The Bertz CT molecular complexity index is 250. The van der Waals surface area contributed by atoms with Gasteiger partial charge >= 0.3 is 0 Å². The van der Waals surface area contributed by atoms with Crippen LogP contribution in [-0.4, -0.2) is 6.15 Å². The van der Waals surface area contributed by atoms with Crippen molar-refractivity contribution in [2.75, 3.05) is 0 Å². The molecular weight excluding hydrogens is 251 g/mol. The lowest BCUT2D eigenvalue weighted by atomic mass is 9.19. The maximum Gasteiger partial charge on any atom is 0.0708 e. The Morgan fingerprint density at radius 1 is 0.571 bits per heavy atom. The fraction of sp³-hybridized carbons (Fsp3) is 0.900. The first kappa shape index (κ1) is 20.6. The van der Waals surface area contributed by atoms with E-state index in [2.05, 4.69) is 39.4 Å². The van der Waals surface area contributed by atoms with Crippen LogP contribution in [0.25, 0.3) is 0 Å². The summed E-state index contributed by atoms with van der Waals surface area (Å²) >= 11 is 0. The van der Waals surface area contributed by atoms with Crippen LogP contribution >= 0.6 is 0 Å². The molecule has 0 radical (unpaired) electrons. The van der Waals surface area contributed by atoms with Crippen LogP contribution in [0.15, 0.2) is 0 Å². The van der Waals surface area contributed by atoms with Gasteiger partial charge < -0.3 is 5.82 Å². The fourth-order valence-electron chi connectivity index (χ4n) is 3.36. The van der Waals surface area contributed by atoms with E-state index < -0.39 is 6.15 Å². The van der Waals surface area contributed by atoms with Crippen LogP contribution in [0.2, 0.25) is 19.0 Å². The van der Waals surface area contributed by atoms with Crippen molar-refractivity contribution in [1.82, 2.24) is 0 Å². The number of hydrogen-bond acceptors (Lipinski definition) is 0. The van der Waals surface area contributed by atoms with E-state index >= 15 is 0 Å². The topological polar surface area (TPSA) is 0 Å². The van der Waals surface area contributed by atoms with E-state index in [4.69, 9.17) is 0 Å². The van der Waals surface area contributed by atoms with Crippen molar-refractivity contribution in [3.8, 4) is 11.7 Å². The predicted molar refractivity (Wildman–Crippen MR) is 101 cm³/mol. The van der Waals surface area contributed by atoms with E-state index in [1.165, 1.54) is 83.2 Å². The first-order valence-electron chi connectivity index (χ1n) is 9.95. The molecule has 0 rings (SSSR count). The fourth-order valence-corrected chi connectivity index (χ4v) is 3.36. The molecule has 0 unspecified atom stereocenters. The van der Waals surface area contributed by atoms with Crippen molar-refractivity contribution in [1.29, 1.82) is 0 Å². The first-order chi connectivity index (χ1) is 10.2. The molecule has 0 aliphatic heterocycles. The van der Waals surface area contributed by atoms with Gasteiger partial charge in [0.1, 0.15) is 0 Å². The maximum absolute atomic E-state index is 3.83. The van der Waals surface area contributed by atoms with Gasteiger partial charge in [-0.05, 0) is 6.42 Å². The minimum atomic E-state index is -0.393. The van der Waals surface area contributed by atoms with Crippen LogP contribution in [0, 0.1) is 11.7 Å². The molecule has 0 saturated carbocycles. The number of unbranched alkanes of at least 4 members (excludes halogenated alkanes) is 7. The minimum Gasteiger partial charge on any atom is -0.315 e. The van der Waals surface area contributed by atoms with Gasteiger partial charge in [0.05, 0.1) is 6.15 Å². The Balaban J connectivity index is 4.58. The molecular formula is C20H40B-. The zero-order chi connectivity index (χ0) is 15.8. The number of hydrogen-bond donors (Lipinski definition) is 0. The maximum atomic E-state index is 3.83. The highest BCUT2D eigenvalue weighted by Gasteiger charge is 2.20. The number of rotatable bonds is 13. The highest BCUT2D eigenvalue weighted by molar-refractivity contribution is 6.87. The van der Waals surface area contributed by atoms with Gasteiger partial charge in [-0.2, -0.15) is 24.9 Å². The van der Waals surface area contributed by atoms with Gasteiger partial charge in [0.2, 0.25) is 0 Å². The first-order valence-corrected chi connectivity index (χ1v) is 9.95. The van der Waals surface area contributed by atoms with Crippen LogP contribution in [-0.2, 0) is 0 Å². The second-order valence-corrected chi connectivity index (χ2v) is 7.04. The zero-order valence-corrected chi connectivity index (χ0v) is 15.5. The Morgan fingerprint density at radius 3 is 1.48 bits per heavy atom. The third-order valence-electron chi connectivity index (χ3n) is 4.89. The summed E-state index contributed by atoms with van der Waals surface area (Å²) in [6.07, 6.45) is 18.4. The Morgan fingerprint density at radius 2 is 1.05 bits per heavy atom. The second kappa shape index (κ2) is 14.6. The lowest BCUT2D eigenvalue weighted by Crippen LogP contribution is -2.32. The Hall–Kier alpha value is -0.375. The molecule has 0 nitrogen and oxygen atoms in total. The highest BCUT2D eigenvalue weighted by atomic mass is 14.0. The molecule has 124 valence electrons. The third kappa shape index (κ3) is 10.9. The summed E-state index contributed by atoms with van der Waals surface area (Å²) in [7, 11) is 0. The summed E-state index contributed by atoms with van der Waals surface area (Å²) in [5.41, 5.74) is 0.